The van der Waals surface area contributed by atoms with E-state index in [0.29, 0.717) is 0 Å². The number of ether oxygens (including phenoxy) is 1. The zero-order valence-electron chi connectivity index (χ0n) is 11.7. The fraction of sp³-hybridized carbons (Fsp3) is 0.250. The van der Waals surface area contributed by atoms with Crippen molar-refractivity contribution in [3.63, 3.8) is 0 Å². The van der Waals surface area contributed by atoms with E-state index in [1.165, 1.54) is 11.1 Å². The van der Waals surface area contributed by atoms with Crippen molar-refractivity contribution in [2.45, 2.75) is 13.5 Å². The second kappa shape index (κ2) is 5.65. The fourth-order valence-corrected chi connectivity index (χ4v) is 2.14. The molecule has 0 atom stereocenters. The van der Waals surface area contributed by atoms with Crippen LogP contribution in [0.2, 0.25) is 0 Å². The number of nitrogen functional groups attached to an aromatic ring is 1. The van der Waals surface area contributed by atoms with Gasteiger partial charge in [-0.15, -0.1) is 0 Å². The number of hydrogen-bond donors (Lipinski definition) is 1. The van der Waals surface area contributed by atoms with Crippen LogP contribution in [0.25, 0.3) is 0 Å². The van der Waals surface area contributed by atoms with Crippen LogP contribution in [0.5, 0.6) is 5.75 Å². The van der Waals surface area contributed by atoms with E-state index in [1.54, 1.807) is 7.11 Å². The molecular weight excluding hydrogens is 236 g/mol. The van der Waals surface area contributed by atoms with E-state index >= 15 is 0 Å². The van der Waals surface area contributed by atoms with Gasteiger partial charge in [0.05, 0.1) is 18.5 Å². The van der Waals surface area contributed by atoms with Crippen LogP contribution in [-0.4, -0.2) is 14.2 Å². The highest BCUT2D eigenvalue weighted by molar-refractivity contribution is 5.69. The van der Waals surface area contributed by atoms with Gasteiger partial charge in [0, 0.05) is 19.7 Å². The largest absolute Gasteiger partial charge is 0.497 e. The molecule has 0 aliphatic heterocycles. The van der Waals surface area contributed by atoms with Crippen molar-refractivity contribution >= 4 is 11.4 Å². The molecule has 0 saturated carbocycles. The highest BCUT2D eigenvalue weighted by Crippen LogP contribution is 2.28. The van der Waals surface area contributed by atoms with Gasteiger partial charge >= 0.3 is 0 Å². The lowest BCUT2D eigenvalue weighted by molar-refractivity contribution is 0.415. The number of anilines is 2. The minimum Gasteiger partial charge on any atom is -0.497 e. The van der Waals surface area contributed by atoms with Gasteiger partial charge in [0.25, 0.3) is 0 Å². The zero-order valence-corrected chi connectivity index (χ0v) is 11.7. The molecular formula is C16H20N2O. The Morgan fingerprint density at radius 2 is 1.89 bits per heavy atom. The van der Waals surface area contributed by atoms with E-state index in [4.69, 9.17) is 10.5 Å². The van der Waals surface area contributed by atoms with Gasteiger partial charge < -0.3 is 15.4 Å². The summed E-state index contributed by atoms with van der Waals surface area (Å²) in [4.78, 5) is 2.15. The van der Waals surface area contributed by atoms with Crippen molar-refractivity contribution < 1.29 is 4.74 Å². The lowest BCUT2D eigenvalue weighted by Gasteiger charge is -2.22. The number of benzene rings is 2. The van der Waals surface area contributed by atoms with Crippen molar-refractivity contribution in [3.05, 3.63) is 53.6 Å². The molecule has 3 nitrogen and oxygen atoms in total. The van der Waals surface area contributed by atoms with Gasteiger partial charge in [0.1, 0.15) is 5.75 Å². The molecule has 0 heterocycles. The summed E-state index contributed by atoms with van der Waals surface area (Å²) < 4.78 is 5.17. The summed E-state index contributed by atoms with van der Waals surface area (Å²) >= 11 is 0. The maximum absolute atomic E-state index is 6.07. The van der Waals surface area contributed by atoms with Crippen LogP contribution in [0.4, 0.5) is 11.4 Å². The third-order valence-corrected chi connectivity index (χ3v) is 3.31. The zero-order chi connectivity index (χ0) is 13.8. The first kappa shape index (κ1) is 13.3. The standard InChI is InChI=1S/C16H20N2O/c1-12-6-4-5-7-13(12)11-18(2)16-9-8-14(19-3)10-15(16)17/h4-10H,11,17H2,1-3H3. The van der Waals surface area contributed by atoms with E-state index < -0.39 is 0 Å². The van der Waals surface area contributed by atoms with Gasteiger partial charge in [-0.1, -0.05) is 24.3 Å². The monoisotopic (exact) mass is 256 g/mol. The van der Waals surface area contributed by atoms with Crippen LogP contribution in [0.1, 0.15) is 11.1 Å². The van der Waals surface area contributed by atoms with E-state index in [1.807, 2.05) is 25.2 Å². The summed E-state index contributed by atoms with van der Waals surface area (Å²) in [5.74, 6) is 0.783. The Labute approximate surface area is 114 Å². The molecule has 0 aliphatic rings. The molecule has 0 amide bonds. The Bertz CT molecular complexity index is 566. The fourth-order valence-electron chi connectivity index (χ4n) is 2.14. The van der Waals surface area contributed by atoms with E-state index in [9.17, 15) is 0 Å². The van der Waals surface area contributed by atoms with Crippen molar-refractivity contribution in [1.29, 1.82) is 0 Å². The molecule has 100 valence electrons. The Balaban J connectivity index is 2.21. The molecule has 2 rings (SSSR count). The van der Waals surface area contributed by atoms with Crippen LogP contribution in [0.3, 0.4) is 0 Å². The van der Waals surface area contributed by atoms with E-state index in [0.717, 1.165) is 23.7 Å². The SMILES string of the molecule is COc1ccc(N(C)Cc2ccccc2C)c(N)c1. The van der Waals surface area contributed by atoms with Crippen LogP contribution < -0.4 is 15.4 Å². The number of methoxy groups -OCH3 is 1. The summed E-state index contributed by atoms with van der Waals surface area (Å²) in [6, 6.07) is 14.2. The van der Waals surface area contributed by atoms with Gasteiger partial charge in [-0.05, 0) is 30.2 Å². The Kier molecular flexibility index (Phi) is 3.95. The molecule has 0 fully saturated rings. The third kappa shape index (κ3) is 2.99. The van der Waals surface area contributed by atoms with E-state index in [-0.39, 0.29) is 0 Å². The van der Waals surface area contributed by atoms with Crippen LogP contribution in [0.15, 0.2) is 42.5 Å². The normalized spacial score (nSPS) is 10.3. The van der Waals surface area contributed by atoms with E-state index in [2.05, 4.69) is 36.1 Å². The van der Waals surface area contributed by atoms with Crippen molar-refractivity contribution in [1.82, 2.24) is 0 Å². The minimum atomic E-state index is 0.732. The molecule has 0 aromatic heterocycles. The molecule has 0 radical (unpaired) electrons. The summed E-state index contributed by atoms with van der Waals surface area (Å²) in [5, 5.41) is 0. The van der Waals surface area contributed by atoms with Crippen LogP contribution in [-0.2, 0) is 6.54 Å². The molecule has 0 bridgehead atoms. The first-order valence-electron chi connectivity index (χ1n) is 6.31. The second-order valence-corrected chi connectivity index (χ2v) is 4.71. The van der Waals surface area contributed by atoms with Crippen LogP contribution >= 0.6 is 0 Å². The van der Waals surface area contributed by atoms with Gasteiger partial charge in [-0.25, -0.2) is 0 Å². The molecule has 0 aliphatic carbocycles. The summed E-state index contributed by atoms with van der Waals surface area (Å²) in [6.45, 7) is 2.96. The molecule has 0 spiro atoms. The van der Waals surface area contributed by atoms with Gasteiger partial charge in [0.15, 0.2) is 0 Å². The molecule has 2 aromatic carbocycles. The first-order chi connectivity index (χ1) is 9.11. The van der Waals surface area contributed by atoms with Gasteiger partial charge in [-0.2, -0.15) is 0 Å². The topological polar surface area (TPSA) is 38.5 Å². The minimum absolute atomic E-state index is 0.732. The third-order valence-electron chi connectivity index (χ3n) is 3.31. The molecule has 0 unspecified atom stereocenters. The number of nitrogens with two attached hydrogens (primary N) is 1. The Hall–Kier alpha value is -2.16. The molecule has 0 saturated heterocycles. The molecule has 3 heteroatoms. The predicted molar refractivity (Wildman–Crippen MR) is 80.7 cm³/mol. The average molecular weight is 256 g/mol. The summed E-state index contributed by atoms with van der Waals surface area (Å²) in [7, 11) is 3.69. The lowest BCUT2D eigenvalue weighted by Crippen LogP contribution is -2.18. The van der Waals surface area contributed by atoms with Crippen LogP contribution in [0, 0.1) is 6.92 Å². The molecule has 2 N–H and O–H groups in total. The van der Waals surface area contributed by atoms with Crippen molar-refractivity contribution in [3.8, 4) is 5.75 Å². The first-order valence-corrected chi connectivity index (χ1v) is 6.31. The van der Waals surface area contributed by atoms with Gasteiger partial charge in [0.2, 0.25) is 0 Å². The number of rotatable bonds is 4. The highest BCUT2D eigenvalue weighted by atomic mass is 16.5. The average Bonchev–Trinajstić information content (AvgIpc) is 2.41. The molecule has 19 heavy (non-hydrogen) atoms. The maximum Gasteiger partial charge on any atom is 0.121 e. The predicted octanol–water partition coefficient (Wildman–Crippen LogP) is 3.22. The summed E-state index contributed by atoms with van der Waals surface area (Å²) in [5.41, 5.74) is 10.4. The van der Waals surface area contributed by atoms with Crippen molar-refractivity contribution in [2.75, 3.05) is 24.8 Å². The van der Waals surface area contributed by atoms with Gasteiger partial charge in [-0.3, -0.25) is 0 Å². The maximum atomic E-state index is 6.07. The Morgan fingerprint density at radius 1 is 1.16 bits per heavy atom. The number of hydrogen-bond acceptors (Lipinski definition) is 3. The van der Waals surface area contributed by atoms with Crippen molar-refractivity contribution in [2.24, 2.45) is 0 Å². The Morgan fingerprint density at radius 3 is 2.53 bits per heavy atom. The second-order valence-electron chi connectivity index (χ2n) is 4.71. The lowest BCUT2D eigenvalue weighted by atomic mass is 10.1. The summed E-state index contributed by atoms with van der Waals surface area (Å²) in [6.07, 6.45) is 0. The number of nitrogens with zero attached hydrogens (tertiary/aromatic N) is 1. The molecule has 2 aromatic rings. The highest BCUT2D eigenvalue weighted by Gasteiger charge is 2.08. The quantitative estimate of drug-likeness (QED) is 0.854. The number of aryl methyl sites for hydroxylation is 1. The smallest absolute Gasteiger partial charge is 0.121 e.